The zero-order chi connectivity index (χ0) is 25.8. The minimum atomic E-state index is -3.80. The molecule has 0 spiro atoms. The average Bonchev–Trinajstić information content (AvgIpc) is 3.23. The molecule has 0 radical (unpaired) electrons. The molecular formula is C31H32N2O3S. The predicted molar refractivity (Wildman–Crippen MR) is 148 cm³/mol. The minimum Gasteiger partial charge on any atom is -0.391 e. The number of nitrogens with zero attached hydrogens (tertiary/aromatic N) is 1. The van der Waals surface area contributed by atoms with Gasteiger partial charge in [0.1, 0.15) is 0 Å². The van der Waals surface area contributed by atoms with Crippen molar-refractivity contribution in [1.82, 2.24) is 4.72 Å². The van der Waals surface area contributed by atoms with Crippen LogP contribution in [0.4, 0.5) is 5.69 Å². The first-order chi connectivity index (χ1) is 17.9. The van der Waals surface area contributed by atoms with Gasteiger partial charge < -0.3 is 10.0 Å². The van der Waals surface area contributed by atoms with Crippen molar-refractivity contribution in [2.75, 3.05) is 4.90 Å². The highest BCUT2D eigenvalue weighted by Crippen LogP contribution is 2.36. The number of hydrogen-bond donors (Lipinski definition) is 2. The summed E-state index contributed by atoms with van der Waals surface area (Å²) in [5.74, 6) is 0. The van der Waals surface area contributed by atoms with Crippen molar-refractivity contribution < 1.29 is 13.5 Å². The summed E-state index contributed by atoms with van der Waals surface area (Å²) < 4.78 is 29.2. The molecule has 2 unspecified atom stereocenters. The van der Waals surface area contributed by atoms with Gasteiger partial charge in [-0.1, -0.05) is 85.8 Å². The molecule has 0 bridgehead atoms. The van der Waals surface area contributed by atoms with Crippen LogP contribution in [0.5, 0.6) is 0 Å². The first-order valence-corrected chi connectivity index (χ1v) is 14.2. The molecule has 0 saturated heterocycles. The molecule has 5 nitrogen and oxygen atoms in total. The van der Waals surface area contributed by atoms with Crippen LogP contribution in [0.15, 0.2) is 108 Å². The van der Waals surface area contributed by atoms with Crippen LogP contribution in [-0.2, 0) is 36.0 Å². The largest absolute Gasteiger partial charge is 0.391 e. The Balaban J connectivity index is 1.45. The molecule has 4 aromatic carbocycles. The number of aliphatic hydroxyl groups is 1. The van der Waals surface area contributed by atoms with E-state index in [4.69, 9.17) is 0 Å². The second kappa shape index (κ2) is 10.9. The Morgan fingerprint density at radius 3 is 1.97 bits per heavy atom. The van der Waals surface area contributed by atoms with Crippen LogP contribution in [0, 0.1) is 0 Å². The summed E-state index contributed by atoms with van der Waals surface area (Å²) in [5.41, 5.74) is 6.22. The summed E-state index contributed by atoms with van der Waals surface area (Å²) in [6.07, 6.45) is 0.425. The van der Waals surface area contributed by atoms with Crippen LogP contribution in [0.3, 0.4) is 0 Å². The minimum absolute atomic E-state index is 0.205. The van der Waals surface area contributed by atoms with E-state index in [2.05, 4.69) is 40.0 Å². The Morgan fingerprint density at radius 2 is 1.41 bits per heavy atom. The monoisotopic (exact) mass is 512 g/mol. The van der Waals surface area contributed by atoms with E-state index < -0.39 is 22.2 Å². The van der Waals surface area contributed by atoms with Crippen molar-refractivity contribution >= 4 is 15.7 Å². The van der Waals surface area contributed by atoms with Crippen LogP contribution >= 0.6 is 0 Å². The maximum absolute atomic E-state index is 13.2. The number of rotatable bonds is 9. The summed E-state index contributed by atoms with van der Waals surface area (Å²) in [6.45, 7) is 3.44. The Labute approximate surface area is 219 Å². The summed E-state index contributed by atoms with van der Waals surface area (Å²) in [6, 6.07) is 32.9. The summed E-state index contributed by atoms with van der Waals surface area (Å²) >= 11 is 0. The van der Waals surface area contributed by atoms with E-state index in [0.29, 0.717) is 19.5 Å². The first-order valence-electron chi connectivity index (χ1n) is 12.7. The topological polar surface area (TPSA) is 69.6 Å². The van der Waals surface area contributed by atoms with Gasteiger partial charge >= 0.3 is 0 Å². The molecule has 0 heterocycles. The van der Waals surface area contributed by atoms with Crippen molar-refractivity contribution in [2.24, 2.45) is 0 Å². The second-order valence-corrected chi connectivity index (χ2v) is 11.3. The quantitative estimate of drug-likeness (QED) is 0.315. The summed E-state index contributed by atoms with van der Waals surface area (Å²) in [5, 5.41) is 10.9. The number of fused-ring (bicyclic) bond motifs is 1. The number of sulfonamides is 1. The van der Waals surface area contributed by atoms with Crippen LogP contribution < -0.4 is 9.62 Å². The van der Waals surface area contributed by atoms with Crippen molar-refractivity contribution in [2.45, 2.75) is 49.9 Å². The maximum atomic E-state index is 13.2. The van der Waals surface area contributed by atoms with Gasteiger partial charge in [-0.25, -0.2) is 13.1 Å². The molecule has 4 aromatic rings. The Hall–Kier alpha value is -3.45. The normalized spacial score (nSPS) is 16.9. The molecule has 0 aliphatic heterocycles. The molecule has 2 atom stereocenters. The van der Waals surface area contributed by atoms with Gasteiger partial charge in [-0.2, -0.15) is 0 Å². The summed E-state index contributed by atoms with van der Waals surface area (Å²) in [7, 11) is -3.80. The fraction of sp³-hybridized carbons (Fsp3) is 0.226. The molecule has 6 heteroatoms. The number of aliphatic hydroxyl groups excluding tert-OH is 1. The smallest absolute Gasteiger partial charge is 0.241 e. The van der Waals surface area contributed by atoms with E-state index >= 15 is 0 Å². The molecule has 0 amide bonds. The molecule has 0 saturated carbocycles. The second-order valence-electron chi connectivity index (χ2n) is 9.58. The average molecular weight is 513 g/mol. The van der Waals surface area contributed by atoms with E-state index in [-0.39, 0.29) is 4.90 Å². The molecule has 1 aliphatic carbocycles. The van der Waals surface area contributed by atoms with E-state index in [0.717, 1.165) is 28.8 Å². The van der Waals surface area contributed by atoms with E-state index in [9.17, 15) is 13.5 Å². The molecule has 2 N–H and O–H groups in total. The van der Waals surface area contributed by atoms with Crippen molar-refractivity contribution in [3.8, 4) is 0 Å². The lowest BCUT2D eigenvalue weighted by molar-refractivity contribution is 0.151. The Bertz CT molecular complexity index is 1400. The standard InChI is InChI=1S/C31H32N2O3S/c1-2-23-13-17-28(18-14-23)37(35,36)32-31-29-20-27(16-15-26(29)19-30(31)34)33(21-24-9-5-3-6-10-24)22-25-11-7-4-8-12-25/h3-18,20,30-32,34H,2,19,21-22H2,1H3. The van der Waals surface area contributed by atoms with Crippen LogP contribution in [-0.4, -0.2) is 19.6 Å². The van der Waals surface area contributed by atoms with Gasteiger partial charge in [0.2, 0.25) is 10.0 Å². The lowest BCUT2D eigenvalue weighted by atomic mass is 10.1. The zero-order valence-electron chi connectivity index (χ0n) is 20.9. The third kappa shape index (κ3) is 5.77. The molecule has 0 aromatic heterocycles. The van der Waals surface area contributed by atoms with Gasteiger partial charge in [0.25, 0.3) is 0 Å². The fourth-order valence-corrected chi connectivity index (χ4v) is 6.18. The number of anilines is 1. The first kappa shape index (κ1) is 25.2. The third-order valence-corrected chi connectivity index (χ3v) is 8.46. The third-order valence-electron chi connectivity index (χ3n) is 7.00. The highest BCUT2D eigenvalue weighted by atomic mass is 32.2. The fourth-order valence-electron chi connectivity index (χ4n) is 4.93. The maximum Gasteiger partial charge on any atom is 0.241 e. The van der Waals surface area contributed by atoms with E-state index in [1.807, 2.05) is 67.6 Å². The molecule has 37 heavy (non-hydrogen) atoms. The highest BCUT2D eigenvalue weighted by molar-refractivity contribution is 7.89. The van der Waals surface area contributed by atoms with E-state index in [1.165, 1.54) is 11.1 Å². The van der Waals surface area contributed by atoms with Gasteiger partial charge in [0.15, 0.2) is 0 Å². The van der Waals surface area contributed by atoms with Gasteiger partial charge in [0, 0.05) is 25.2 Å². The molecular weight excluding hydrogens is 480 g/mol. The SMILES string of the molecule is CCc1ccc(S(=O)(=O)NC2c3cc(N(Cc4ccccc4)Cc4ccccc4)ccc3CC2O)cc1. The number of nitrogens with one attached hydrogen (secondary N) is 1. The number of aryl methyl sites for hydroxylation is 1. The number of benzene rings is 4. The highest BCUT2D eigenvalue weighted by Gasteiger charge is 2.35. The predicted octanol–water partition coefficient (Wildman–Crippen LogP) is 5.39. The molecule has 5 rings (SSSR count). The van der Waals surface area contributed by atoms with Crippen molar-refractivity contribution in [3.05, 3.63) is 131 Å². The Kier molecular flexibility index (Phi) is 7.42. The van der Waals surface area contributed by atoms with Crippen LogP contribution in [0.25, 0.3) is 0 Å². The Morgan fingerprint density at radius 1 is 0.811 bits per heavy atom. The molecule has 190 valence electrons. The lowest BCUT2D eigenvalue weighted by Gasteiger charge is -2.27. The van der Waals surface area contributed by atoms with Gasteiger partial charge in [-0.05, 0) is 58.5 Å². The van der Waals surface area contributed by atoms with E-state index in [1.54, 1.807) is 12.1 Å². The summed E-state index contributed by atoms with van der Waals surface area (Å²) in [4.78, 5) is 2.49. The molecule has 1 aliphatic rings. The van der Waals surface area contributed by atoms with Crippen molar-refractivity contribution in [1.29, 1.82) is 0 Å². The van der Waals surface area contributed by atoms with Crippen LogP contribution in [0.1, 0.15) is 40.8 Å². The van der Waals surface area contributed by atoms with Gasteiger partial charge in [-0.15, -0.1) is 0 Å². The van der Waals surface area contributed by atoms with Crippen LogP contribution in [0.2, 0.25) is 0 Å². The van der Waals surface area contributed by atoms with Gasteiger partial charge in [0.05, 0.1) is 17.0 Å². The van der Waals surface area contributed by atoms with Gasteiger partial charge in [-0.3, -0.25) is 0 Å². The van der Waals surface area contributed by atoms with Crippen molar-refractivity contribution in [3.63, 3.8) is 0 Å². The molecule has 0 fully saturated rings. The zero-order valence-corrected chi connectivity index (χ0v) is 21.7. The lowest BCUT2D eigenvalue weighted by Crippen LogP contribution is -2.34. The number of hydrogen-bond acceptors (Lipinski definition) is 4.